The van der Waals surface area contributed by atoms with Crippen LogP contribution in [0, 0.1) is 17.5 Å². The van der Waals surface area contributed by atoms with E-state index in [0.717, 1.165) is 6.20 Å². The minimum atomic E-state index is -1.87. The number of carboxylic acids is 1. The molecule has 3 N–H and O–H groups in total. The number of hydrogen-bond donors (Lipinski definition) is 3. The second-order valence-corrected chi connectivity index (χ2v) is 10.8. The van der Waals surface area contributed by atoms with Crippen molar-refractivity contribution >= 4 is 17.8 Å². The van der Waals surface area contributed by atoms with Crippen LogP contribution in [0.4, 0.5) is 13.2 Å². The summed E-state index contributed by atoms with van der Waals surface area (Å²) in [6.45, 7) is 0.724. The van der Waals surface area contributed by atoms with Crippen molar-refractivity contribution in [2.45, 2.75) is 57.0 Å². The number of amides is 2. The van der Waals surface area contributed by atoms with E-state index in [0.29, 0.717) is 17.7 Å². The summed E-state index contributed by atoms with van der Waals surface area (Å²) >= 11 is 0. The van der Waals surface area contributed by atoms with Crippen LogP contribution in [0.15, 0.2) is 53.5 Å². The van der Waals surface area contributed by atoms with E-state index < -0.39 is 88.2 Å². The van der Waals surface area contributed by atoms with E-state index in [4.69, 9.17) is 4.74 Å². The Morgan fingerprint density at radius 2 is 1.79 bits per heavy atom. The third kappa shape index (κ3) is 5.72. The first-order valence-electron chi connectivity index (χ1n) is 13.5. The highest BCUT2D eigenvalue weighted by molar-refractivity contribution is 5.99. The van der Waals surface area contributed by atoms with Crippen molar-refractivity contribution in [2.75, 3.05) is 6.54 Å². The predicted molar refractivity (Wildman–Crippen MR) is 145 cm³/mol. The molecule has 0 aliphatic carbocycles. The van der Waals surface area contributed by atoms with E-state index >= 15 is 0 Å². The van der Waals surface area contributed by atoms with Gasteiger partial charge in [0.2, 0.25) is 5.43 Å². The summed E-state index contributed by atoms with van der Waals surface area (Å²) in [7, 11) is 0. The highest BCUT2D eigenvalue weighted by atomic mass is 19.1. The fraction of sp³-hybridized carbons (Fsp3) is 0.333. The Kier molecular flexibility index (Phi) is 8.02. The normalized spacial score (nSPS) is 21.1. The number of pyridine rings is 1. The highest BCUT2D eigenvalue weighted by Gasteiger charge is 2.50. The van der Waals surface area contributed by atoms with Gasteiger partial charge in [-0.2, -0.15) is 0 Å². The molecule has 3 aromatic rings. The van der Waals surface area contributed by atoms with Crippen molar-refractivity contribution < 1.29 is 42.5 Å². The molecule has 0 unspecified atom stereocenters. The van der Waals surface area contributed by atoms with Gasteiger partial charge in [0, 0.05) is 43.0 Å². The molecule has 1 aromatic heterocycles. The summed E-state index contributed by atoms with van der Waals surface area (Å²) in [5, 5.41) is 23.5. The van der Waals surface area contributed by atoms with Gasteiger partial charge in [-0.3, -0.25) is 19.2 Å². The maximum Gasteiger partial charge on any atom is 0.306 e. The molecule has 2 bridgehead atoms. The number of aliphatic carboxylic acids is 1. The Balaban J connectivity index is 1.62. The molecule has 1 fully saturated rings. The fourth-order valence-electron chi connectivity index (χ4n) is 5.64. The number of carbonyl (C=O) groups is 3. The molecule has 2 aliphatic heterocycles. The van der Waals surface area contributed by atoms with Gasteiger partial charge in [0.25, 0.3) is 11.8 Å². The number of fused-ring (bicyclic) bond motifs is 4. The SMILES string of the molecule is C[C@H]1CC[C@@](O)(CC(=O)O)[C@H]2CN1C(=O)c1c(OCc3ccccc3)c(=O)c(C(=O)NCc3c(F)cc(F)cc3F)cn12. The lowest BCUT2D eigenvalue weighted by Gasteiger charge is -2.42. The molecule has 13 heteroatoms. The third-order valence-corrected chi connectivity index (χ3v) is 7.97. The van der Waals surface area contributed by atoms with Crippen molar-refractivity contribution in [3.8, 4) is 5.75 Å². The van der Waals surface area contributed by atoms with Crippen LogP contribution >= 0.6 is 0 Å². The van der Waals surface area contributed by atoms with Gasteiger partial charge >= 0.3 is 5.97 Å². The van der Waals surface area contributed by atoms with Crippen molar-refractivity contribution in [2.24, 2.45) is 0 Å². The molecule has 10 nitrogen and oxygen atoms in total. The highest BCUT2D eigenvalue weighted by Crippen LogP contribution is 2.42. The summed E-state index contributed by atoms with van der Waals surface area (Å²) in [5.74, 6) is -7.12. The Hall–Kier alpha value is -4.65. The number of ether oxygens (including phenoxy) is 1. The summed E-state index contributed by atoms with van der Waals surface area (Å²) in [6, 6.07) is 8.06. The maximum atomic E-state index is 14.2. The lowest BCUT2D eigenvalue weighted by molar-refractivity contribution is -0.145. The zero-order chi connectivity index (χ0) is 31.1. The number of carbonyl (C=O) groups excluding carboxylic acids is 2. The molecular formula is C30H28F3N3O7. The van der Waals surface area contributed by atoms with Gasteiger partial charge < -0.3 is 29.7 Å². The maximum absolute atomic E-state index is 14.2. The summed E-state index contributed by atoms with van der Waals surface area (Å²) in [4.78, 5) is 54.0. The topological polar surface area (TPSA) is 138 Å². The largest absolute Gasteiger partial charge is 0.483 e. The van der Waals surface area contributed by atoms with Crippen LogP contribution in [0.3, 0.4) is 0 Å². The van der Waals surface area contributed by atoms with Crippen molar-refractivity contribution in [3.63, 3.8) is 0 Å². The van der Waals surface area contributed by atoms with Crippen LogP contribution < -0.4 is 15.5 Å². The molecule has 0 radical (unpaired) electrons. The molecule has 3 atom stereocenters. The molecule has 0 saturated carbocycles. The van der Waals surface area contributed by atoms with Gasteiger partial charge in [-0.1, -0.05) is 30.3 Å². The standard InChI is InChI=1S/C30H28F3N3O7/c1-16-7-8-30(42,11-24(37)38)23-14-35(16)29(41)25-27(43-15-17-5-3-2-4-6-17)26(39)20(13-36(23)25)28(40)34-12-19-21(32)9-18(31)10-22(19)33/h2-6,9-10,13,16,23,42H,7-8,11-12,14-15H2,1H3,(H,34,40)(H,37,38)/t16-,23+,30+/m0/s1. The average Bonchev–Trinajstić information content (AvgIpc) is 3.05. The molecule has 5 rings (SSSR count). The van der Waals surface area contributed by atoms with Gasteiger partial charge in [-0.05, 0) is 25.3 Å². The first-order chi connectivity index (χ1) is 20.4. The van der Waals surface area contributed by atoms with Crippen molar-refractivity contribution in [1.29, 1.82) is 0 Å². The van der Waals surface area contributed by atoms with E-state index in [9.17, 15) is 42.6 Å². The molecule has 0 spiro atoms. The van der Waals surface area contributed by atoms with E-state index in [2.05, 4.69) is 5.32 Å². The third-order valence-electron chi connectivity index (χ3n) is 7.97. The lowest BCUT2D eigenvalue weighted by Crippen LogP contribution is -2.53. The van der Waals surface area contributed by atoms with Gasteiger partial charge in [-0.15, -0.1) is 0 Å². The minimum Gasteiger partial charge on any atom is -0.483 e. The van der Waals surface area contributed by atoms with Crippen molar-refractivity contribution in [3.05, 3.63) is 98.7 Å². The van der Waals surface area contributed by atoms with Crippen LogP contribution in [-0.4, -0.2) is 55.7 Å². The zero-order valence-electron chi connectivity index (χ0n) is 23.0. The Morgan fingerprint density at radius 1 is 1.12 bits per heavy atom. The second-order valence-electron chi connectivity index (χ2n) is 10.8. The monoisotopic (exact) mass is 599 g/mol. The fourth-order valence-corrected chi connectivity index (χ4v) is 5.64. The van der Waals surface area contributed by atoms with Crippen LogP contribution in [0.1, 0.15) is 64.2 Å². The van der Waals surface area contributed by atoms with Crippen LogP contribution in [0.25, 0.3) is 0 Å². The number of nitrogens with one attached hydrogen (secondary N) is 1. The number of hydrogen-bond acceptors (Lipinski definition) is 6. The summed E-state index contributed by atoms with van der Waals surface area (Å²) in [6.07, 6.45) is 0.629. The molecule has 2 amide bonds. The van der Waals surface area contributed by atoms with Crippen LogP contribution in [-0.2, 0) is 17.9 Å². The van der Waals surface area contributed by atoms with E-state index in [-0.39, 0.29) is 31.7 Å². The van der Waals surface area contributed by atoms with Gasteiger partial charge in [0.05, 0.1) is 18.1 Å². The molecule has 3 heterocycles. The molecule has 226 valence electrons. The molecule has 43 heavy (non-hydrogen) atoms. The van der Waals surface area contributed by atoms with Gasteiger partial charge in [0.1, 0.15) is 29.6 Å². The number of halogens is 3. The summed E-state index contributed by atoms with van der Waals surface area (Å²) in [5.41, 5.74) is -3.72. The Labute approximate surface area is 243 Å². The first kappa shape index (κ1) is 29.8. The number of nitrogens with zero attached hydrogens (tertiary/aromatic N) is 2. The van der Waals surface area contributed by atoms with Crippen molar-refractivity contribution in [1.82, 2.24) is 14.8 Å². The van der Waals surface area contributed by atoms with Crippen LogP contribution in [0.2, 0.25) is 0 Å². The summed E-state index contributed by atoms with van der Waals surface area (Å²) < 4.78 is 48.8. The smallest absolute Gasteiger partial charge is 0.306 e. The Morgan fingerprint density at radius 3 is 2.44 bits per heavy atom. The quantitative estimate of drug-likeness (QED) is 0.362. The molecule has 1 saturated heterocycles. The van der Waals surface area contributed by atoms with Gasteiger partial charge in [-0.25, -0.2) is 13.2 Å². The lowest BCUT2D eigenvalue weighted by atomic mass is 9.85. The molecule has 2 aromatic carbocycles. The first-order valence-corrected chi connectivity index (χ1v) is 13.5. The van der Waals surface area contributed by atoms with Crippen LogP contribution in [0.5, 0.6) is 5.75 Å². The number of rotatable bonds is 8. The number of benzene rings is 2. The van der Waals surface area contributed by atoms with Gasteiger partial charge in [0.15, 0.2) is 11.4 Å². The average molecular weight is 600 g/mol. The number of aromatic nitrogens is 1. The minimum absolute atomic E-state index is 0.00529. The number of aliphatic hydroxyl groups is 1. The predicted octanol–water partition coefficient (Wildman–Crippen LogP) is 3.16. The zero-order valence-corrected chi connectivity index (χ0v) is 23.0. The van der Waals surface area contributed by atoms with E-state index in [1.54, 1.807) is 37.3 Å². The second kappa shape index (κ2) is 11.6. The van der Waals surface area contributed by atoms with E-state index in [1.807, 2.05) is 0 Å². The van der Waals surface area contributed by atoms with E-state index in [1.165, 1.54) is 9.47 Å². The molecule has 2 aliphatic rings. The number of carboxylic acid groups (broad SMARTS) is 1. The Bertz CT molecular complexity index is 1640. The molecular weight excluding hydrogens is 571 g/mol.